The van der Waals surface area contributed by atoms with Gasteiger partial charge < -0.3 is 10.6 Å². The molecule has 0 aliphatic rings. The molecule has 1 aromatic carbocycles. The van der Waals surface area contributed by atoms with E-state index in [4.69, 9.17) is 5.73 Å². The van der Waals surface area contributed by atoms with Crippen LogP contribution < -0.4 is 10.6 Å². The number of rotatable bonds is 5. The fraction of sp³-hybridized carbons (Fsp3) is 0.538. The van der Waals surface area contributed by atoms with Gasteiger partial charge in [0.2, 0.25) is 0 Å². The lowest BCUT2D eigenvalue weighted by atomic mass is 10.1. The van der Waals surface area contributed by atoms with Gasteiger partial charge in [-0.1, -0.05) is 13.8 Å². The molecule has 0 saturated carbocycles. The lowest BCUT2D eigenvalue weighted by Gasteiger charge is -2.27. The molecule has 0 unspecified atom stereocenters. The summed E-state index contributed by atoms with van der Waals surface area (Å²) in [7, 11) is 0. The van der Waals surface area contributed by atoms with Gasteiger partial charge in [0.1, 0.15) is 0 Å². The molecule has 0 aliphatic carbocycles. The summed E-state index contributed by atoms with van der Waals surface area (Å²) in [5.41, 5.74) is 5.17. The van der Waals surface area contributed by atoms with Crippen molar-refractivity contribution in [1.82, 2.24) is 0 Å². The maximum Gasteiger partial charge on any atom is 0.418 e. The van der Waals surface area contributed by atoms with E-state index in [0.717, 1.165) is 18.9 Å². The van der Waals surface area contributed by atoms with Gasteiger partial charge in [0.05, 0.1) is 5.56 Å². The molecule has 1 aromatic rings. The summed E-state index contributed by atoms with van der Waals surface area (Å²) in [6, 6.07) is 3.99. The molecule has 2 nitrogen and oxygen atoms in total. The highest BCUT2D eigenvalue weighted by molar-refractivity contribution is 5.60. The van der Waals surface area contributed by atoms with Crippen LogP contribution in [-0.4, -0.2) is 13.1 Å². The molecule has 0 aliphatic heterocycles. The SMILES string of the molecule is CCCN(CCC)c1ccc(N)cc1C(F)(F)F. The van der Waals surface area contributed by atoms with Crippen LogP contribution in [0.3, 0.4) is 0 Å². The van der Waals surface area contributed by atoms with Gasteiger partial charge in [-0.3, -0.25) is 0 Å². The number of alkyl halides is 3. The van der Waals surface area contributed by atoms with E-state index in [1.807, 2.05) is 13.8 Å². The Balaban J connectivity index is 3.20. The van der Waals surface area contributed by atoms with Crippen LogP contribution in [0.25, 0.3) is 0 Å². The van der Waals surface area contributed by atoms with Gasteiger partial charge in [-0.25, -0.2) is 0 Å². The van der Waals surface area contributed by atoms with E-state index in [2.05, 4.69) is 0 Å². The minimum absolute atomic E-state index is 0.138. The molecule has 0 saturated heterocycles. The van der Waals surface area contributed by atoms with Gasteiger partial charge in [0.15, 0.2) is 0 Å². The van der Waals surface area contributed by atoms with Crippen molar-refractivity contribution in [1.29, 1.82) is 0 Å². The minimum Gasteiger partial charge on any atom is -0.399 e. The standard InChI is InChI=1S/C13H19F3N2/c1-3-7-18(8-4-2)12-6-5-10(17)9-11(12)13(14,15)16/h5-6,9H,3-4,7-8,17H2,1-2H3. The molecule has 1 rings (SSSR count). The van der Waals surface area contributed by atoms with Gasteiger partial charge >= 0.3 is 6.18 Å². The number of hydrogen-bond donors (Lipinski definition) is 1. The maximum absolute atomic E-state index is 13.0. The van der Waals surface area contributed by atoms with Crippen molar-refractivity contribution in [2.75, 3.05) is 23.7 Å². The zero-order valence-electron chi connectivity index (χ0n) is 10.7. The molecule has 0 atom stereocenters. The van der Waals surface area contributed by atoms with E-state index in [1.54, 1.807) is 4.90 Å². The average molecular weight is 260 g/mol. The van der Waals surface area contributed by atoms with Crippen LogP contribution in [-0.2, 0) is 6.18 Å². The van der Waals surface area contributed by atoms with E-state index in [-0.39, 0.29) is 11.4 Å². The molecule has 0 heterocycles. The number of nitrogen functional groups attached to an aromatic ring is 1. The van der Waals surface area contributed by atoms with Crippen LogP contribution >= 0.6 is 0 Å². The third-order valence-corrected chi connectivity index (χ3v) is 2.65. The third kappa shape index (κ3) is 3.55. The maximum atomic E-state index is 13.0. The summed E-state index contributed by atoms with van der Waals surface area (Å²) in [5.74, 6) is 0. The normalized spacial score (nSPS) is 11.6. The Morgan fingerprint density at radius 3 is 2.11 bits per heavy atom. The quantitative estimate of drug-likeness (QED) is 0.813. The predicted molar refractivity (Wildman–Crippen MR) is 68.7 cm³/mol. The number of halogens is 3. The molecule has 0 fully saturated rings. The Labute approximate surface area is 106 Å². The summed E-state index contributed by atoms with van der Waals surface area (Å²) in [5, 5.41) is 0. The second-order valence-electron chi connectivity index (χ2n) is 4.26. The highest BCUT2D eigenvalue weighted by atomic mass is 19.4. The summed E-state index contributed by atoms with van der Waals surface area (Å²) in [6.45, 7) is 5.13. The van der Waals surface area contributed by atoms with Crippen molar-refractivity contribution in [2.24, 2.45) is 0 Å². The smallest absolute Gasteiger partial charge is 0.399 e. The van der Waals surface area contributed by atoms with Crippen molar-refractivity contribution in [3.8, 4) is 0 Å². The van der Waals surface area contributed by atoms with Crippen molar-refractivity contribution < 1.29 is 13.2 Å². The summed E-state index contributed by atoms with van der Waals surface area (Å²) >= 11 is 0. The van der Waals surface area contributed by atoms with Gasteiger partial charge in [0, 0.05) is 24.5 Å². The van der Waals surface area contributed by atoms with E-state index >= 15 is 0 Å². The second kappa shape index (κ2) is 5.98. The van der Waals surface area contributed by atoms with Crippen molar-refractivity contribution in [2.45, 2.75) is 32.9 Å². The Morgan fingerprint density at radius 1 is 1.11 bits per heavy atom. The Morgan fingerprint density at radius 2 is 1.67 bits per heavy atom. The molecule has 0 amide bonds. The van der Waals surface area contributed by atoms with E-state index < -0.39 is 11.7 Å². The lowest BCUT2D eigenvalue weighted by molar-refractivity contribution is -0.137. The zero-order valence-corrected chi connectivity index (χ0v) is 10.7. The number of benzene rings is 1. The Hall–Kier alpha value is -1.39. The van der Waals surface area contributed by atoms with Crippen LogP contribution in [0.15, 0.2) is 18.2 Å². The highest BCUT2D eigenvalue weighted by Crippen LogP contribution is 2.37. The average Bonchev–Trinajstić information content (AvgIpc) is 2.27. The molecule has 0 bridgehead atoms. The molecule has 0 spiro atoms. The van der Waals surface area contributed by atoms with Crippen molar-refractivity contribution >= 4 is 11.4 Å². The van der Waals surface area contributed by atoms with Crippen molar-refractivity contribution in [3.63, 3.8) is 0 Å². The molecular weight excluding hydrogens is 241 g/mol. The molecule has 102 valence electrons. The lowest BCUT2D eigenvalue weighted by Crippen LogP contribution is -2.27. The predicted octanol–water partition coefficient (Wildman–Crippen LogP) is 3.91. The number of nitrogens with two attached hydrogens (primary N) is 1. The number of nitrogens with zero attached hydrogens (tertiary/aromatic N) is 1. The first-order valence-electron chi connectivity index (χ1n) is 6.11. The van der Waals surface area contributed by atoms with Gasteiger partial charge in [-0.05, 0) is 31.0 Å². The first kappa shape index (κ1) is 14.7. The van der Waals surface area contributed by atoms with Gasteiger partial charge in [-0.15, -0.1) is 0 Å². The van der Waals surface area contributed by atoms with Crippen LogP contribution in [0, 0.1) is 0 Å². The first-order valence-corrected chi connectivity index (χ1v) is 6.11. The highest BCUT2D eigenvalue weighted by Gasteiger charge is 2.34. The first-order chi connectivity index (χ1) is 8.40. The Bertz CT molecular complexity index is 382. The Kier molecular flexibility index (Phi) is 4.87. The summed E-state index contributed by atoms with van der Waals surface area (Å²) in [6.07, 6.45) is -2.76. The zero-order chi connectivity index (χ0) is 13.8. The van der Waals surface area contributed by atoms with Gasteiger partial charge in [-0.2, -0.15) is 13.2 Å². The minimum atomic E-state index is -4.37. The summed E-state index contributed by atoms with van der Waals surface area (Å²) < 4.78 is 39.0. The van der Waals surface area contributed by atoms with Crippen LogP contribution in [0.1, 0.15) is 32.3 Å². The van der Waals surface area contributed by atoms with E-state index in [0.29, 0.717) is 13.1 Å². The second-order valence-corrected chi connectivity index (χ2v) is 4.26. The molecule has 0 radical (unpaired) electrons. The molecule has 0 aromatic heterocycles. The van der Waals surface area contributed by atoms with E-state index in [9.17, 15) is 13.2 Å². The van der Waals surface area contributed by atoms with Crippen molar-refractivity contribution in [3.05, 3.63) is 23.8 Å². The van der Waals surface area contributed by atoms with E-state index in [1.165, 1.54) is 12.1 Å². The third-order valence-electron chi connectivity index (χ3n) is 2.65. The molecule has 2 N–H and O–H groups in total. The topological polar surface area (TPSA) is 29.3 Å². The fourth-order valence-corrected chi connectivity index (χ4v) is 1.95. The molecule has 5 heteroatoms. The fourth-order valence-electron chi connectivity index (χ4n) is 1.95. The van der Waals surface area contributed by atoms with Crippen LogP contribution in [0.5, 0.6) is 0 Å². The molecule has 18 heavy (non-hydrogen) atoms. The number of anilines is 2. The van der Waals surface area contributed by atoms with Gasteiger partial charge in [0.25, 0.3) is 0 Å². The number of hydrogen-bond acceptors (Lipinski definition) is 2. The van der Waals surface area contributed by atoms with Crippen LogP contribution in [0.2, 0.25) is 0 Å². The van der Waals surface area contributed by atoms with Crippen LogP contribution in [0.4, 0.5) is 24.5 Å². The summed E-state index contributed by atoms with van der Waals surface area (Å²) in [4.78, 5) is 1.77. The molecular formula is C13H19F3N2. The largest absolute Gasteiger partial charge is 0.418 e. The monoisotopic (exact) mass is 260 g/mol.